The molecule has 88 valence electrons. The van der Waals surface area contributed by atoms with Crippen LogP contribution in [0.5, 0.6) is 0 Å². The smallest absolute Gasteiger partial charge is 0.253 e. The van der Waals surface area contributed by atoms with Gasteiger partial charge in [-0.1, -0.05) is 17.7 Å². The van der Waals surface area contributed by atoms with Gasteiger partial charge in [-0.2, -0.15) is 0 Å². The molecule has 1 atom stereocenters. The molecule has 0 radical (unpaired) electrons. The predicted molar refractivity (Wildman–Crippen MR) is 60.0 cm³/mol. The maximum atomic E-state index is 13.1. The molecule has 3 nitrogen and oxygen atoms in total. The Hall–Kier alpha value is -1.13. The van der Waals surface area contributed by atoms with Crippen LogP contribution in [-0.2, 0) is 0 Å². The molecule has 1 unspecified atom stereocenters. The Bertz CT molecular complexity index is 384. The number of amides is 1. The highest BCUT2D eigenvalue weighted by Gasteiger charge is 2.14. The number of benzene rings is 1. The van der Waals surface area contributed by atoms with Crippen molar-refractivity contribution in [1.29, 1.82) is 0 Å². The summed E-state index contributed by atoms with van der Waals surface area (Å²) in [5.74, 6) is -1.06. The first-order chi connectivity index (χ1) is 7.56. The minimum absolute atomic E-state index is 0.0155. The molecule has 16 heavy (non-hydrogen) atoms. The number of nitrogens with one attached hydrogen (secondary N) is 1. The van der Waals surface area contributed by atoms with Crippen LogP contribution >= 0.6 is 11.6 Å². The topological polar surface area (TPSA) is 49.3 Å². The van der Waals surface area contributed by atoms with E-state index in [1.807, 2.05) is 0 Å². The first kappa shape index (κ1) is 12.9. The van der Waals surface area contributed by atoms with Crippen LogP contribution in [0, 0.1) is 5.82 Å². The molecule has 1 aromatic rings. The van der Waals surface area contributed by atoms with Crippen molar-refractivity contribution in [3.63, 3.8) is 0 Å². The molecule has 0 fully saturated rings. The second-order valence-electron chi connectivity index (χ2n) is 3.49. The van der Waals surface area contributed by atoms with Gasteiger partial charge in [-0.25, -0.2) is 4.39 Å². The van der Waals surface area contributed by atoms with Gasteiger partial charge in [0.25, 0.3) is 5.91 Å². The molecule has 0 spiro atoms. The van der Waals surface area contributed by atoms with Gasteiger partial charge >= 0.3 is 0 Å². The molecular formula is C11H13ClFNO2. The lowest BCUT2D eigenvalue weighted by Gasteiger charge is -2.13. The predicted octanol–water partition coefficient (Wildman–Crippen LogP) is 1.98. The minimum atomic E-state index is -0.621. The molecule has 0 heterocycles. The lowest BCUT2D eigenvalue weighted by Crippen LogP contribution is -2.33. The van der Waals surface area contributed by atoms with Gasteiger partial charge in [-0.05, 0) is 25.5 Å². The zero-order chi connectivity index (χ0) is 12.1. The molecule has 1 aromatic carbocycles. The highest BCUT2D eigenvalue weighted by atomic mass is 35.5. The van der Waals surface area contributed by atoms with Crippen LogP contribution in [0.2, 0.25) is 5.02 Å². The fourth-order valence-electron chi connectivity index (χ4n) is 1.25. The van der Waals surface area contributed by atoms with E-state index in [2.05, 4.69) is 5.32 Å². The first-order valence-electron chi connectivity index (χ1n) is 4.92. The number of hydrogen-bond donors (Lipinski definition) is 2. The van der Waals surface area contributed by atoms with Gasteiger partial charge in [0.15, 0.2) is 0 Å². The lowest BCUT2D eigenvalue weighted by atomic mass is 10.1. The summed E-state index contributed by atoms with van der Waals surface area (Å²) >= 11 is 5.66. The SMILES string of the molecule is CC(CCO)NC(=O)c1cccc(F)c1Cl. The molecular weight excluding hydrogens is 233 g/mol. The molecule has 2 N–H and O–H groups in total. The maximum absolute atomic E-state index is 13.1. The largest absolute Gasteiger partial charge is 0.396 e. The summed E-state index contributed by atoms with van der Waals surface area (Å²) in [4.78, 5) is 11.7. The number of carbonyl (C=O) groups is 1. The quantitative estimate of drug-likeness (QED) is 0.852. The van der Waals surface area contributed by atoms with Crippen molar-refractivity contribution in [2.45, 2.75) is 19.4 Å². The van der Waals surface area contributed by atoms with Crippen LogP contribution in [0.4, 0.5) is 4.39 Å². The fourth-order valence-corrected chi connectivity index (χ4v) is 1.46. The Morgan fingerprint density at radius 2 is 2.31 bits per heavy atom. The minimum Gasteiger partial charge on any atom is -0.396 e. The number of aliphatic hydroxyl groups excluding tert-OH is 1. The Morgan fingerprint density at radius 3 is 2.94 bits per heavy atom. The van der Waals surface area contributed by atoms with Crippen LogP contribution in [0.25, 0.3) is 0 Å². The molecule has 0 saturated carbocycles. The van der Waals surface area contributed by atoms with E-state index in [0.29, 0.717) is 6.42 Å². The fraction of sp³-hybridized carbons (Fsp3) is 0.364. The standard InChI is InChI=1S/C11H13ClFNO2/c1-7(5-6-15)14-11(16)8-3-2-4-9(13)10(8)12/h2-4,7,15H,5-6H2,1H3,(H,14,16). The van der Waals surface area contributed by atoms with Gasteiger partial charge < -0.3 is 10.4 Å². The van der Waals surface area contributed by atoms with E-state index in [1.165, 1.54) is 18.2 Å². The third-order valence-electron chi connectivity index (χ3n) is 2.14. The van der Waals surface area contributed by atoms with Crippen LogP contribution in [0.3, 0.4) is 0 Å². The highest BCUT2D eigenvalue weighted by Crippen LogP contribution is 2.19. The zero-order valence-electron chi connectivity index (χ0n) is 8.84. The Morgan fingerprint density at radius 1 is 1.62 bits per heavy atom. The van der Waals surface area contributed by atoms with Crippen LogP contribution in [0.15, 0.2) is 18.2 Å². The van der Waals surface area contributed by atoms with Gasteiger partial charge in [0.2, 0.25) is 0 Å². The third kappa shape index (κ3) is 3.18. The van der Waals surface area contributed by atoms with E-state index < -0.39 is 11.7 Å². The first-order valence-corrected chi connectivity index (χ1v) is 5.29. The van der Waals surface area contributed by atoms with Crippen molar-refractivity contribution in [2.75, 3.05) is 6.61 Å². The van der Waals surface area contributed by atoms with E-state index >= 15 is 0 Å². The number of halogens is 2. The van der Waals surface area contributed by atoms with Crippen LogP contribution in [0.1, 0.15) is 23.7 Å². The molecule has 0 saturated heterocycles. The molecule has 0 aromatic heterocycles. The van der Waals surface area contributed by atoms with Gasteiger partial charge in [-0.3, -0.25) is 4.79 Å². The lowest BCUT2D eigenvalue weighted by molar-refractivity contribution is 0.0934. The molecule has 0 aliphatic carbocycles. The van der Waals surface area contributed by atoms with E-state index in [1.54, 1.807) is 6.92 Å². The molecule has 1 amide bonds. The Labute approximate surface area is 98.2 Å². The monoisotopic (exact) mass is 245 g/mol. The van der Waals surface area contributed by atoms with Crippen molar-refractivity contribution in [3.05, 3.63) is 34.6 Å². The average molecular weight is 246 g/mol. The van der Waals surface area contributed by atoms with E-state index in [4.69, 9.17) is 16.7 Å². The van der Waals surface area contributed by atoms with Crippen molar-refractivity contribution < 1.29 is 14.3 Å². The normalized spacial score (nSPS) is 12.2. The summed E-state index contributed by atoms with van der Waals surface area (Å²) in [7, 11) is 0. The summed E-state index contributed by atoms with van der Waals surface area (Å²) in [5, 5.41) is 11.1. The van der Waals surface area contributed by atoms with E-state index in [9.17, 15) is 9.18 Å². The maximum Gasteiger partial charge on any atom is 0.253 e. The van der Waals surface area contributed by atoms with Crippen molar-refractivity contribution >= 4 is 17.5 Å². The summed E-state index contributed by atoms with van der Waals surface area (Å²) in [6.45, 7) is 1.74. The highest BCUT2D eigenvalue weighted by molar-refractivity contribution is 6.34. The molecule has 0 aliphatic rings. The van der Waals surface area contributed by atoms with Crippen LogP contribution < -0.4 is 5.32 Å². The zero-order valence-corrected chi connectivity index (χ0v) is 9.59. The third-order valence-corrected chi connectivity index (χ3v) is 2.52. The second kappa shape index (κ2) is 5.82. The van der Waals surface area contributed by atoms with E-state index in [0.717, 1.165) is 0 Å². The number of hydrogen-bond acceptors (Lipinski definition) is 2. The van der Waals surface area contributed by atoms with Gasteiger partial charge in [0.05, 0.1) is 10.6 Å². The summed E-state index contributed by atoms with van der Waals surface area (Å²) in [6.07, 6.45) is 0.443. The summed E-state index contributed by atoms with van der Waals surface area (Å²) < 4.78 is 13.1. The van der Waals surface area contributed by atoms with E-state index in [-0.39, 0.29) is 23.2 Å². The molecule has 0 bridgehead atoms. The van der Waals surface area contributed by atoms with Crippen molar-refractivity contribution in [3.8, 4) is 0 Å². The summed E-state index contributed by atoms with van der Waals surface area (Å²) in [6, 6.07) is 3.88. The van der Waals surface area contributed by atoms with Gasteiger partial charge in [-0.15, -0.1) is 0 Å². The second-order valence-corrected chi connectivity index (χ2v) is 3.87. The summed E-state index contributed by atoms with van der Waals surface area (Å²) in [5.41, 5.74) is 0.103. The van der Waals surface area contributed by atoms with Crippen molar-refractivity contribution in [1.82, 2.24) is 5.32 Å². The molecule has 1 rings (SSSR count). The Kier molecular flexibility index (Phi) is 4.71. The van der Waals surface area contributed by atoms with Gasteiger partial charge in [0, 0.05) is 12.6 Å². The van der Waals surface area contributed by atoms with Crippen molar-refractivity contribution in [2.24, 2.45) is 0 Å². The van der Waals surface area contributed by atoms with Gasteiger partial charge in [0.1, 0.15) is 5.82 Å². The number of rotatable bonds is 4. The Balaban J connectivity index is 2.77. The number of aliphatic hydroxyl groups is 1. The van der Waals surface area contributed by atoms with Crippen LogP contribution in [-0.4, -0.2) is 23.7 Å². The number of carbonyl (C=O) groups excluding carboxylic acids is 1. The average Bonchev–Trinajstić information content (AvgIpc) is 2.22. The molecule has 0 aliphatic heterocycles. The molecule has 5 heteroatoms.